The summed E-state index contributed by atoms with van der Waals surface area (Å²) in [6, 6.07) is 3.92. The molecule has 1 aromatic carbocycles. The largest absolute Gasteiger partial charge is 0.484 e. The number of fused-ring (bicyclic) bond motifs is 3. The van der Waals surface area contributed by atoms with Gasteiger partial charge in [0.25, 0.3) is 5.91 Å². The molecule has 2 amide bonds. The van der Waals surface area contributed by atoms with Gasteiger partial charge in [0, 0.05) is 18.0 Å². The van der Waals surface area contributed by atoms with Crippen LogP contribution in [0.15, 0.2) is 18.2 Å². The number of halogens is 2. The number of hydrogen-bond donors (Lipinski definition) is 4. The third-order valence-electron chi connectivity index (χ3n) is 7.02. The molecule has 2 unspecified atom stereocenters. The molecule has 36 heavy (non-hydrogen) atoms. The van der Waals surface area contributed by atoms with Gasteiger partial charge in [0.1, 0.15) is 24.4 Å². The maximum atomic E-state index is 13.5. The fraction of sp³-hybridized carbons (Fsp3) is 0.609. The van der Waals surface area contributed by atoms with E-state index in [2.05, 4.69) is 20.9 Å². The first-order chi connectivity index (χ1) is 17.1. The Balaban J connectivity index is 1.23. The third-order valence-corrected chi connectivity index (χ3v) is 7.33. The van der Waals surface area contributed by atoms with E-state index in [9.17, 15) is 23.9 Å². The van der Waals surface area contributed by atoms with Gasteiger partial charge in [0.05, 0.1) is 23.8 Å². The third kappa shape index (κ3) is 5.89. The van der Waals surface area contributed by atoms with Crippen LogP contribution in [0.2, 0.25) is 5.02 Å². The molecule has 1 heterocycles. The van der Waals surface area contributed by atoms with E-state index in [1.807, 2.05) is 0 Å². The summed E-state index contributed by atoms with van der Waals surface area (Å²) in [7, 11) is 1.25. The second-order valence-electron chi connectivity index (χ2n) is 9.40. The molecule has 1 aliphatic heterocycles. The highest BCUT2D eigenvalue weighted by atomic mass is 35.5. The van der Waals surface area contributed by atoms with Crippen molar-refractivity contribution in [1.29, 1.82) is 0 Å². The highest BCUT2D eigenvalue weighted by Gasteiger charge is 2.55. The van der Waals surface area contributed by atoms with Gasteiger partial charge in [-0.25, -0.2) is 9.18 Å². The smallest absolute Gasteiger partial charge is 0.337 e. The van der Waals surface area contributed by atoms with Crippen molar-refractivity contribution in [2.75, 3.05) is 20.3 Å². The number of esters is 1. The van der Waals surface area contributed by atoms with E-state index in [1.54, 1.807) is 0 Å². The Labute approximate surface area is 211 Å². The fourth-order valence-electron chi connectivity index (χ4n) is 5.03. The van der Waals surface area contributed by atoms with Gasteiger partial charge in [0.15, 0.2) is 12.7 Å². The van der Waals surface area contributed by atoms with E-state index in [-0.39, 0.29) is 42.7 Å². The zero-order valence-corrected chi connectivity index (χ0v) is 20.4. The van der Waals surface area contributed by atoms with Crippen molar-refractivity contribution in [2.45, 2.75) is 68.0 Å². The predicted molar refractivity (Wildman–Crippen MR) is 122 cm³/mol. The number of aliphatic hydroxyl groups excluding tert-OH is 1. The molecule has 1 saturated heterocycles. The van der Waals surface area contributed by atoms with E-state index in [0.717, 1.165) is 6.07 Å². The number of hydrogen-bond acceptors (Lipinski definition) is 9. The molecular formula is C23H29ClFN3O8. The van der Waals surface area contributed by atoms with Crippen LogP contribution in [0.3, 0.4) is 0 Å². The number of hydroxylamine groups is 1. The van der Waals surface area contributed by atoms with Gasteiger partial charge in [-0.05, 0) is 44.2 Å². The van der Waals surface area contributed by atoms with Crippen molar-refractivity contribution in [3.8, 4) is 5.75 Å². The van der Waals surface area contributed by atoms with E-state index in [4.69, 9.17) is 25.9 Å². The number of benzene rings is 1. The average molecular weight is 530 g/mol. The standard InChI is InChI=1S/C23H29ClFN3O8/c1-33-21(32)16-9-20(28-36-16)35-12-19(31)27-23-6-4-22(5-7-23,10-17(23)29)26-18(30)11-34-13-2-3-14(24)15(25)8-13/h2-3,8,16-17,20,28-29H,4-7,9-12H2,1H3,(H,26,30)(H,27,31)/t16?,17-,20?,22?,23?/m0/s1. The fourth-order valence-corrected chi connectivity index (χ4v) is 5.14. The van der Waals surface area contributed by atoms with Crippen LogP contribution >= 0.6 is 11.6 Å². The van der Waals surface area contributed by atoms with Gasteiger partial charge in [-0.3, -0.25) is 14.4 Å². The minimum absolute atomic E-state index is 0.0392. The SMILES string of the molecule is COC(=O)C1CC(OCC(=O)NC23CCC(NC(=O)COc4ccc(Cl)c(F)c4)(CC2)C[C@@H]3O)NO1. The maximum Gasteiger partial charge on any atom is 0.337 e. The number of nitrogens with one attached hydrogen (secondary N) is 3. The molecule has 0 radical (unpaired) electrons. The van der Waals surface area contributed by atoms with Crippen LogP contribution in [0.1, 0.15) is 38.5 Å². The molecule has 3 atom stereocenters. The maximum absolute atomic E-state index is 13.5. The molecule has 1 aromatic rings. The summed E-state index contributed by atoms with van der Waals surface area (Å²) in [4.78, 5) is 41.6. The number of ether oxygens (including phenoxy) is 3. The first-order valence-corrected chi connectivity index (χ1v) is 12.0. The Morgan fingerprint density at radius 3 is 2.58 bits per heavy atom. The molecule has 11 nitrogen and oxygen atoms in total. The lowest BCUT2D eigenvalue weighted by atomic mass is 9.60. The Morgan fingerprint density at radius 1 is 1.19 bits per heavy atom. The summed E-state index contributed by atoms with van der Waals surface area (Å²) < 4.78 is 29.0. The minimum atomic E-state index is -0.868. The number of carbonyl (C=O) groups excluding carboxylic acids is 3. The molecule has 5 rings (SSSR count). The molecule has 0 spiro atoms. The minimum Gasteiger partial charge on any atom is -0.484 e. The molecule has 2 bridgehead atoms. The van der Waals surface area contributed by atoms with Gasteiger partial charge in [0.2, 0.25) is 5.91 Å². The molecule has 198 valence electrons. The first-order valence-electron chi connectivity index (χ1n) is 11.6. The van der Waals surface area contributed by atoms with Gasteiger partial charge in [-0.15, -0.1) is 0 Å². The second kappa shape index (κ2) is 10.9. The molecule has 4 fully saturated rings. The van der Waals surface area contributed by atoms with Gasteiger partial charge in [-0.1, -0.05) is 11.6 Å². The lowest BCUT2D eigenvalue weighted by Crippen LogP contribution is -2.70. The Morgan fingerprint density at radius 2 is 1.92 bits per heavy atom. The lowest BCUT2D eigenvalue weighted by molar-refractivity contribution is -0.154. The monoisotopic (exact) mass is 529 g/mol. The number of amides is 2. The number of aliphatic hydroxyl groups is 1. The highest BCUT2D eigenvalue weighted by Crippen LogP contribution is 2.47. The quantitative estimate of drug-likeness (QED) is 0.340. The van der Waals surface area contributed by atoms with Crippen LogP contribution in [-0.2, 0) is 28.7 Å². The molecule has 4 aliphatic rings. The number of carbonyl (C=O) groups is 3. The summed E-state index contributed by atoms with van der Waals surface area (Å²) >= 11 is 5.65. The highest BCUT2D eigenvalue weighted by molar-refractivity contribution is 6.30. The number of rotatable bonds is 9. The molecule has 4 N–H and O–H groups in total. The summed E-state index contributed by atoms with van der Waals surface area (Å²) in [5, 5.41) is 16.7. The van der Waals surface area contributed by atoms with E-state index in [1.165, 1.54) is 19.2 Å². The van der Waals surface area contributed by atoms with Crippen LogP contribution in [0.5, 0.6) is 5.75 Å². The Kier molecular flexibility index (Phi) is 8.00. The van der Waals surface area contributed by atoms with Crippen LogP contribution < -0.4 is 20.9 Å². The van der Waals surface area contributed by atoms with Crippen molar-refractivity contribution in [2.24, 2.45) is 0 Å². The molecular weight excluding hydrogens is 501 g/mol. The van der Waals surface area contributed by atoms with Crippen LogP contribution in [0.4, 0.5) is 4.39 Å². The second-order valence-corrected chi connectivity index (χ2v) is 9.81. The molecule has 3 saturated carbocycles. The summed E-state index contributed by atoms with van der Waals surface area (Å²) in [6.07, 6.45) is 0.220. The lowest BCUT2D eigenvalue weighted by Gasteiger charge is -2.56. The van der Waals surface area contributed by atoms with Crippen LogP contribution in [-0.4, -0.2) is 72.7 Å². The Bertz CT molecular complexity index is 1000. The summed E-state index contributed by atoms with van der Waals surface area (Å²) in [6.45, 7) is -0.595. The zero-order valence-electron chi connectivity index (χ0n) is 19.7. The normalized spacial score (nSPS) is 31.1. The van der Waals surface area contributed by atoms with Gasteiger partial charge >= 0.3 is 5.97 Å². The van der Waals surface area contributed by atoms with Crippen LogP contribution in [0.25, 0.3) is 0 Å². The van der Waals surface area contributed by atoms with Gasteiger partial charge < -0.3 is 30.0 Å². The molecule has 3 aliphatic carbocycles. The van der Waals surface area contributed by atoms with Crippen molar-refractivity contribution < 1.29 is 42.9 Å². The van der Waals surface area contributed by atoms with E-state index in [0.29, 0.717) is 25.7 Å². The van der Waals surface area contributed by atoms with Crippen molar-refractivity contribution in [3.05, 3.63) is 29.0 Å². The van der Waals surface area contributed by atoms with Gasteiger partial charge in [-0.2, -0.15) is 5.48 Å². The predicted octanol–water partition coefficient (Wildman–Crippen LogP) is 0.716. The van der Waals surface area contributed by atoms with E-state index < -0.39 is 47.2 Å². The number of methoxy groups -OCH3 is 1. The molecule has 0 aromatic heterocycles. The molecule has 13 heteroatoms. The average Bonchev–Trinajstić information content (AvgIpc) is 3.33. The van der Waals surface area contributed by atoms with Crippen LogP contribution in [0, 0.1) is 5.82 Å². The summed E-state index contributed by atoms with van der Waals surface area (Å²) in [5.41, 5.74) is 1.13. The van der Waals surface area contributed by atoms with Crippen molar-refractivity contribution in [1.82, 2.24) is 16.1 Å². The van der Waals surface area contributed by atoms with Crippen molar-refractivity contribution >= 4 is 29.4 Å². The zero-order chi connectivity index (χ0) is 25.9. The summed E-state index contributed by atoms with van der Waals surface area (Å²) in [5.74, 6) is -1.79. The van der Waals surface area contributed by atoms with E-state index >= 15 is 0 Å². The van der Waals surface area contributed by atoms with Crippen molar-refractivity contribution in [3.63, 3.8) is 0 Å². The first kappa shape index (κ1) is 26.6. The Hall–Kier alpha value is -2.51. The topological polar surface area (TPSA) is 144 Å².